The molecule has 0 aliphatic rings. The second-order valence-corrected chi connectivity index (χ2v) is 4.63. The van der Waals surface area contributed by atoms with Gasteiger partial charge < -0.3 is 4.57 Å². The second kappa shape index (κ2) is 6.95. The highest BCUT2D eigenvalue weighted by molar-refractivity contribution is 5.87. The van der Waals surface area contributed by atoms with Crippen molar-refractivity contribution >= 4 is 23.0 Å². The number of rotatable bonds is 3. The molecule has 0 atom stereocenters. The molecule has 2 aromatic heterocycles. The average Bonchev–Trinajstić information content (AvgIpc) is 2.93. The first-order valence-corrected chi connectivity index (χ1v) is 6.60. The Hall–Kier alpha value is -3.54. The lowest BCUT2D eigenvalue weighted by Crippen LogP contribution is -2.17. The zero-order valence-corrected chi connectivity index (χ0v) is 12.2. The fourth-order valence-electron chi connectivity index (χ4n) is 2.11. The standard InChI is InChI=1S/C14H13N5O2.N2/c1-9(20)16-14-17-12-11(13(21)18-14)19(8-15-12)7-10-5-3-2-4-6-10;1-2/h2-6,8H,7H2,1H3,(H2,16,17,18,20,21);. The molecule has 0 aliphatic carbocycles. The number of imidazole rings is 1. The van der Waals surface area contributed by atoms with Gasteiger partial charge in [-0.25, -0.2) is 4.98 Å². The molecule has 0 saturated heterocycles. The number of hydrogen-bond donors (Lipinski definition) is 2. The molecule has 0 bridgehead atoms. The van der Waals surface area contributed by atoms with E-state index in [4.69, 9.17) is 10.8 Å². The van der Waals surface area contributed by atoms with Crippen LogP contribution in [0.1, 0.15) is 12.5 Å². The molecule has 0 saturated carbocycles. The van der Waals surface area contributed by atoms with Crippen molar-refractivity contribution in [3.05, 3.63) is 52.6 Å². The van der Waals surface area contributed by atoms with Crippen molar-refractivity contribution in [3.8, 4) is 0 Å². The summed E-state index contributed by atoms with van der Waals surface area (Å²) in [5, 5.41) is 14.4. The third-order valence-electron chi connectivity index (χ3n) is 2.97. The summed E-state index contributed by atoms with van der Waals surface area (Å²) in [5.41, 5.74) is 1.41. The number of anilines is 1. The number of amides is 1. The highest BCUT2D eigenvalue weighted by Gasteiger charge is 2.11. The second-order valence-electron chi connectivity index (χ2n) is 4.63. The first kappa shape index (κ1) is 15.8. The van der Waals surface area contributed by atoms with Crippen molar-refractivity contribution in [1.29, 1.82) is 10.8 Å². The van der Waals surface area contributed by atoms with Crippen LogP contribution in [-0.4, -0.2) is 25.4 Å². The van der Waals surface area contributed by atoms with E-state index in [0.29, 0.717) is 17.7 Å². The Morgan fingerprint density at radius 1 is 1.30 bits per heavy atom. The Labute approximate surface area is 130 Å². The molecule has 1 amide bonds. The summed E-state index contributed by atoms with van der Waals surface area (Å²) in [6.45, 7) is 1.87. The van der Waals surface area contributed by atoms with Crippen molar-refractivity contribution in [3.63, 3.8) is 0 Å². The van der Waals surface area contributed by atoms with Crippen LogP contribution in [0, 0.1) is 10.8 Å². The quantitative estimate of drug-likeness (QED) is 0.695. The van der Waals surface area contributed by atoms with Crippen molar-refractivity contribution < 1.29 is 4.79 Å². The number of nitrogens with zero attached hydrogens (tertiary/aromatic N) is 5. The van der Waals surface area contributed by atoms with Gasteiger partial charge in [0.15, 0.2) is 11.2 Å². The van der Waals surface area contributed by atoms with Crippen LogP contribution in [0.2, 0.25) is 0 Å². The van der Waals surface area contributed by atoms with Crippen LogP contribution < -0.4 is 10.9 Å². The lowest BCUT2D eigenvalue weighted by Gasteiger charge is -2.04. The smallest absolute Gasteiger partial charge is 0.278 e. The van der Waals surface area contributed by atoms with Gasteiger partial charge in [0.2, 0.25) is 11.9 Å². The summed E-state index contributed by atoms with van der Waals surface area (Å²) in [6, 6.07) is 9.75. The summed E-state index contributed by atoms with van der Waals surface area (Å²) in [6.07, 6.45) is 1.57. The number of nitrogens with one attached hydrogen (secondary N) is 2. The summed E-state index contributed by atoms with van der Waals surface area (Å²) in [5.74, 6) is -0.203. The number of aromatic amines is 1. The van der Waals surface area contributed by atoms with Crippen molar-refractivity contribution in [2.24, 2.45) is 0 Å². The number of aromatic nitrogens is 4. The van der Waals surface area contributed by atoms with Crippen molar-refractivity contribution in [2.45, 2.75) is 13.5 Å². The van der Waals surface area contributed by atoms with E-state index >= 15 is 0 Å². The van der Waals surface area contributed by atoms with Crippen LogP contribution in [-0.2, 0) is 11.3 Å². The Bertz CT molecular complexity index is 896. The van der Waals surface area contributed by atoms with E-state index in [0.717, 1.165) is 5.56 Å². The highest BCUT2D eigenvalue weighted by atomic mass is 16.1. The van der Waals surface area contributed by atoms with E-state index in [9.17, 15) is 9.59 Å². The first-order valence-electron chi connectivity index (χ1n) is 6.60. The summed E-state index contributed by atoms with van der Waals surface area (Å²) in [4.78, 5) is 33.9. The first-order chi connectivity index (χ1) is 11.1. The molecule has 0 aliphatic heterocycles. The average molecular weight is 311 g/mol. The lowest BCUT2D eigenvalue weighted by atomic mass is 10.2. The third-order valence-corrected chi connectivity index (χ3v) is 2.97. The summed E-state index contributed by atoms with van der Waals surface area (Å²) in [7, 11) is 0. The minimum Gasteiger partial charge on any atom is -0.320 e. The highest BCUT2D eigenvalue weighted by Crippen LogP contribution is 2.10. The maximum Gasteiger partial charge on any atom is 0.278 e. The van der Waals surface area contributed by atoms with Gasteiger partial charge in [-0.2, -0.15) is 4.98 Å². The molecule has 3 rings (SSSR count). The number of benzene rings is 1. The zero-order valence-electron chi connectivity index (χ0n) is 12.2. The number of carbonyl (C=O) groups is 1. The Morgan fingerprint density at radius 3 is 2.65 bits per heavy atom. The molecule has 3 aromatic rings. The van der Waals surface area contributed by atoms with Crippen LogP contribution in [0.25, 0.3) is 11.2 Å². The predicted molar refractivity (Wildman–Crippen MR) is 81.4 cm³/mol. The van der Waals surface area contributed by atoms with Crippen LogP contribution in [0.3, 0.4) is 0 Å². The Kier molecular flexibility index (Phi) is 4.79. The molecule has 1 aromatic carbocycles. The topological polar surface area (TPSA) is 140 Å². The third kappa shape index (κ3) is 3.56. The lowest BCUT2D eigenvalue weighted by molar-refractivity contribution is -0.114. The molecule has 0 spiro atoms. The molecular formula is C14H13N7O2. The predicted octanol–water partition coefficient (Wildman–Crippen LogP) is 1.16. The minimum atomic E-state index is -0.336. The molecule has 23 heavy (non-hydrogen) atoms. The molecule has 2 N–H and O–H groups in total. The van der Waals surface area contributed by atoms with Gasteiger partial charge in [0, 0.05) is 24.3 Å². The van der Waals surface area contributed by atoms with Gasteiger partial charge >= 0.3 is 0 Å². The number of carbonyl (C=O) groups excluding carboxylic acids is 1. The molecule has 0 fully saturated rings. The van der Waals surface area contributed by atoms with E-state index in [1.54, 1.807) is 10.9 Å². The molecule has 9 nitrogen and oxygen atoms in total. The van der Waals surface area contributed by atoms with E-state index in [-0.39, 0.29) is 17.4 Å². The fraction of sp³-hybridized carbons (Fsp3) is 0.143. The van der Waals surface area contributed by atoms with Crippen LogP contribution in [0.5, 0.6) is 0 Å². The van der Waals surface area contributed by atoms with Crippen LogP contribution in [0.4, 0.5) is 5.95 Å². The van der Waals surface area contributed by atoms with Crippen molar-refractivity contribution in [1.82, 2.24) is 19.5 Å². The number of fused-ring (bicyclic) bond motifs is 1. The number of hydrogen-bond acceptors (Lipinski definition) is 6. The van der Waals surface area contributed by atoms with Crippen molar-refractivity contribution in [2.75, 3.05) is 5.32 Å². The normalized spacial score (nSPS) is 9.87. The molecular weight excluding hydrogens is 298 g/mol. The molecule has 9 heteroatoms. The van der Waals surface area contributed by atoms with Gasteiger partial charge in [-0.1, -0.05) is 30.3 Å². The monoisotopic (exact) mass is 311 g/mol. The van der Waals surface area contributed by atoms with E-state index in [1.165, 1.54) is 6.92 Å². The number of H-pyrrole nitrogens is 1. The van der Waals surface area contributed by atoms with Gasteiger partial charge in [-0.3, -0.25) is 19.9 Å². The molecule has 116 valence electrons. The van der Waals surface area contributed by atoms with E-state index in [1.807, 2.05) is 30.3 Å². The maximum atomic E-state index is 12.1. The van der Waals surface area contributed by atoms with Crippen LogP contribution in [0.15, 0.2) is 41.5 Å². The fourth-order valence-corrected chi connectivity index (χ4v) is 2.11. The van der Waals surface area contributed by atoms with Gasteiger partial charge in [0.1, 0.15) is 0 Å². The van der Waals surface area contributed by atoms with Gasteiger partial charge in [0.05, 0.1) is 6.33 Å². The minimum absolute atomic E-state index is 0.102. The van der Waals surface area contributed by atoms with E-state index in [2.05, 4.69) is 20.3 Å². The Balaban J connectivity index is 0.000000924. The van der Waals surface area contributed by atoms with Gasteiger partial charge in [0.25, 0.3) is 5.56 Å². The van der Waals surface area contributed by atoms with Crippen LogP contribution >= 0.6 is 0 Å². The molecule has 2 heterocycles. The van der Waals surface area contributed by atoms with E-state index < -0.39 is 0 Å². The van der Waals surface area contributed by atoms with Gasteiger partial charge in [-0.05, 0) is 5.56 Å². The van der Waals surface area contributed by atoms with Gasteiger partial charge in [-0.15, -0.1) is 0 Å². The maximum absolute atomic E-state index is 12.1. The summed E-state index contributed by atoms with van der Waals surface area (Å²) < 4.78 is 1.73. The largest absolute Gasteiger partial charge is 0.320 e. The Morgan fingerprint density at radius 2 is 2.00 bits per heavy atom. The SMILES string of the molecule is CC(=O)Nc1nc2ncn(Cc3ccccc3)c2c(=O)[nH]1.N#N. The zero-order chi connectivity index (χ0) is 16.8. The molecule has 0 radical (unpaired) electrons. The molecule has 0 unspecified atom stereocenters. The summed E-state index contributed by atoms with van der Waals surface area (Å²) >= 11 is 0.